The lowest BCUT2D eigenvalue weighted by Gasteiger charge is -2.15. The third-order valence-electron chi connectivity index (χ3n) is 3.58. The lowest BCUT2D eigenvalue weighted by atomic mass is 10.1. The Morgan fingerprint density at radius 3 is 2.26 bits per heavy atom. The van der Waals surface area contributed by atoms with Gasteiger partial charge in [-0.3, -0.25) is 14.4 Å². The van der Waals surface area contributed by atoms with E-state index in [2.05, 4.69) is 5.32 Å². The van der Waals surface area contributed by atoms with Crippen LogP contribution in [0.3, 0.4) is 0 Å². The summed E-state index contributed by atoms with van der Waals surface area (Å²) < 4.78 is 0. The van der Waals surface area contributed by atoms with E-state index < -0.39 is 11.8 Å². The highest BCUT2D eigenvalue weighted by atomic mass is 35.5. The number of nitrogens with one attached hydrogen (secondary N) is 1. The number of rotatable bonds is 3. The smallest absolute Gasteiger partial charge is 0.266 e. The van der Waals surface area contributed by atoms with Gasteiger partial charge in [-0.2, -0.15) is 0 Å². The van der Waals surface area contributed by atoms with Gasteiger partial charge in [0.05, 0.1) is 27.4 Å². The monoisotopic (exact) mass is 328 g/mol. The fraction of sp³-hybridized carbons (Fsp3) is 0.118. The first-order valence-electron chi connectivity index (χ1n) is 7.10. The van der Waals surface area contributed by atoms with Gasteiger partial charge in [-0.1, -0.05) is 23.7 Å². The molecule has 0 aliphatic carbocycles. The second kappa shape index (κ2) is 5.85. The number of carbonyl (C=O) groups excluding carboxylic acids is 3. The van der Waals surface area contributed by atoms with Crippen LogP contribution in [0, 0.1) is 0 Å². The van der Waals surface area contributed by atoms with E-state index in [0.717, 1.165) is 4.90 Å². The molecule has 2 aromatic rings. The molecule has 0 fully saturated rings. The predicted molar refractivity (Wildman–Crippen MR) is 87.0 cm³/mol. The van der Waals surface area contributed by atoms with Gasteiger partial charge >= 0.3 is 0 Å². The van der Waals surface area contributed by atoms with Crippen molar-refractivity contribution in [2.24, 2.45) is 0 Å². The topological polar surface area (TPSA) is 66.5 Å². The Morgan fingerprint density at radius 1 is 1.09 bits per heavy atom. The van der Waals surface area contributed by atoms with Gasteiger partial charge in [-0.25, -0.2) is 4.90 Å². The number of nitrogens with zero attached hydrogens (tertiary/aromatic N) is 1. The second-order valence-corrected chi connectivity index (χ2v) is 5.42. The standard InChI is InChI=1S/C17H13ClN2O3/c1-2-19-15(21)13-9-10(7-8-14(13)18)20-16(22)11-5-3-4-6-12(11)17(20)23/h3-9H,2H2,1H3,(H,19,21). The molecule has 0 bridgehead atoms. The number of benzene rings is 2. The maximum atomic E-state index is 12.5. The highest BCUT2D eigenvalue weighted by Gasteiger charge is 2.36. The molecule has 5 nitrogen and oxygen atoms in total. The van der Waals surface area contributed by atoms with Crippen LogP contribution < -0.4 is 10.2 Å². The number of hydrogen-bond acceptors (Lipinski definition) is 3. The highest BCUT2D eigenvalue weighted by Crippen LogP contribution is 2.30. The van der Waals surface area contributed by atoms with Crippen molar-refractivity contribution in [3.63, 3.8) is 0 Å². The van der Waals surface area contributed by atoms with Crippen molar-refractivity contribution in [2.45, 2.75) is 6.92 Å². The molecule has 1 aliphatic heterocycles. The summed E-state index contributed by atoms with van der Waals surface area (Å²) in [5.41, 5.74) is 1.25. The van der Waals surface area contributed by atoms with Gasteiger partial charge in [0.2, 0.25) is 0 Å². The van der Waals surface area contributed by atoms with Crippen LogP contribution in [0.1, 0.15) is 38.0 Å². The number of amides is 3. The van der Waals surface area contributed by atoms with Gasteiger partial charge in [-0.05, 0) is 37.3 Å². The SMILES string of the molecule is CCNC(=O)c1cc(N2C(=O)c3ccccc3C2=O)ccc1Cl. The first-order valence-corrected chi connectivity index (χ1v) is 7.48. The van der Waals surface area contributed by atoms with Crippen LogP contribution in [0.25, 0.3) is 0 Å². The number of imide groups is 1. The van der Waals surface area contributed by atoms with Crippen LogP contribution in [0.4, 0.5) is 5.69 Å². The molecule has 2 aromatic carbocycles. The predicted octanol–water partition coefficient (Wildman–Crippen LogP) is 2.89. The Morgan fingerprint density at radius 2 is 1.70 bits per heavy atom. The van der Waals surface area contributed by atoms with Crippen LogP contribution in [-0.2, 0) is 0 Å². The van der Waals surface area contributed by atoms with E-state index >= 15 is 0 Å². The van der Waals surface area contributed by atoms with Gasteiger partial charge in [0.25, 0.3) is 17.7 Å². The van der Waals surface area contributed by atoms with Gasteiger partial charge in [0.1, 0.15) is 0 Å². The van der Waals surface area contributed by atoms with E-state index in [1.807, 2.05) is 0 Å². The van der Waals surface area contributed by atoms with Gasteiger partial charge in [0.15, 0.2) is 0 Å². The second-order valence-electron chi connectivity index (χ2n) is 5.01. The third-order valence-corrected chi connectivity index (χ3v) is 3.91. The molecule has 3 rings (SSSR count). The largest absolute Gasteiger partial charge is 0.352 e. The van der Waals surface area contributed by atoms with Crippen LogP contribution >= 0.6 is 11.6 Å². The summed E-state index contributed by atoms with van der Waals surface area (Å²) in [6.07, 6.45) is 0. The molecule has 0 atom stereocenters. The molecule has 23 heavy (non-hydrogen) atoms. The first-order chi connectivity index (χ1) is 11.0. The van der Waals surface area contributed by atoms with Crippen molar-refractivity contribution < 1.29 is 14.4 Å². The minimum atomic E-state index is -0.408. The third kappa shape index (κ3) is 2.49. The van der Waals surface area contributed by atoms with Gasteiger partial charge < -0.3 is 5.32 Å². The van der Waals surface area contributed by atoms with E-state index in [9.17, 15) is 14.4 Å². The fourth-order valence-corrected chi connectivity index (χ4v) is 2.71. The molecule has 0 saturated heterocycles. The summed E-state index contributed by atoms with van der Waals surface area (Å²) in [6, 6.07) is 11.1. The van der Waals surface area contributed by atoms with Crippen LogP contribution in [-0.4, -0.2) is 24.3 Å². The van der Waals surface area contributed by atoms with E-state index in [-0.39, 0.29) is 16.5 Å². The highest BCUT2D eigenvalue weighted by molar-refractivity contribution is 6.36. The van der Waals surface area contributed by atoms with Crippen LogP contribution in [0.2, 0.25) is 5.02 Å². The summed E-state index contributed by atoms with van der Waals surface area (Å²) in [6.45, 7) is 2.24. The average molecular weight is 329 g/mol. The molecule has 1 aliphatic rings. The molecule has 1 N–H and O–H groups in total. The minimum Gasteiger partial charge on any atom is -0.352 e. The Labute approximate surface area is 137 Å². The number of halogens is 1. The summed E-state index contributed by atoms with van der Waals surface area (Å²) in [4.78, 5) is 38.0. The van der Waals surface area contributed by atoms with Crippen molar-refractivity contribution in [1.82, 2.24) is 5.32 Å². The summed E-state index contributed by atoms with van der Waals surface area (Å²) in [7, 11) is 0. The Hall–Kier alpha value is -2.66. The molecule has 0 saturated carbocycles. The molecule has 6 heteroatoms. The molecule has 0 unspecified atom stereocenters. The Kier molecular flexibility index (Phi) is 3.88. The zero-order chi connectivity index (χ0) is 16.6. The molecule has 0 spiro atoms. The minimum absolute atomic E-state index is 0.225. The summed E-state index contributed by atoms with van der Waals surface area (Å²) >= 11 is 6.05. The van der Waals surface area contributed by atoms with E-state index in [4.69, 9.17) is 11.6 Å². The van der Waals surface area contributed by atoms with Gasteiger partial charge in [-0.15, -0.1) is 0 Å². The fourth-order valence-electron chi connectivity index (χ4n) is 2.51. The van der Waals surface area contributed by atoms with E-state index in [1.54, 1.807) is 37.3 Å². The zero-order valence-electron chi connectivity index (χ0n) is 12.3. The van der Waals surface area contributed by atoms with E-state index in [1.165, 1.54) is 12.1 Å². The maximum Gasteiger partial charge on any atom is 0.266 e. The summed E-state index contributed by atoms with van der Waals surface area (Å²) in [5.74, 6) is -1.17. The summed E-state index contributed by atoms with van der Waals surface area (Å²) in [5, 5.41) is 2.91. The number of carbonyl (C=O) groups is 3. The quantitative estimate of drug-likeness (QED) is 0.881. The van der Waals surface area contributed by atoms with Crippen molar-refractivity contribution >= 4 is 35.0 Å². The number of fused-ring (bicyclic) bond motifs is 1. The molecule has 3 amide bonds. The molecular formula is C17H13ClN2O3. The van der Waals surface area contributed by atoms with Crippen molar-refractivity contribution in [1.29, 1.82) is 0 Å². The zero-order valence-corrected chi connectivity index (χ0v) is 13.1. The lowest BCUT2D eigenvalue weighted by molar-refractivity contribution is 0.0920. The van der Waals surface area contributed by atoms with Crippen molar-refractivity contribution in [3.8, 4) is 0 Å². The average Bonchev–Trinajstić information content (AvgIpc) is 2.80. The van der Waals surface area contributed by atoms with Crippen molar-refractivity contribution in [2.75, 3.05) is 11.4 Å². The molecule has 116 valence electrons. The lowest BCUT2D eigenvalue weighted by Crippen LogP contribution is -2.30. The number of hydrogen-bond donors (Lipinski definition) is 1. The molecular weight excluding hydrogens is 316 g/mol. The Balaban J connectivity index is 2.04. The maximum absolute atomic E-state index is 12.5. The van der Waals surface area contributed by atoms with E-state index in [0.29, 0.717) is 23.4 Å². The Bertz CT molecular complexity index is 797. The number of anilines is 1. The van der Waals surface area contributed by atoms with Crippen LogP contribution in [0.15, 0.2) is 42.5 Å². The van der Waals surface area contributed by atoms with Gasteiger partial charge in [0, 0.05) is 6.54 Å². The van der Waals surface area contributed by atoms with Crippen molar-refractivity contribution in [3.05, 3.63) is 64.2 Å². The molecule has 1 heterocycles. The first kappa shape index (κ1) is 15.2. The van der Waals surface area contributed by atoms with Crippen LogP contribution in [0.5, 0.6) is 0 Å². The normalized spacial score (nSPS) is 13.2. The molecule has 0 aromatic heterocycles. The molecule has 0 radical (unpaired) electrons.